The van der Waals surface area contributed by atoms with Gasteiger partial charge in [0.25, 0.3) is 0 Å². The van der Waals surface area contributed by atoms with Gasteiger partial charge in [0.1, 0.15) is 6.04 Å². The predicted molar refractivity (Wildman–Crippen MR) is 89.8 cm³/mol. The van der Waals surface area contributed by atoms with Gasteiger partial charge in [0.2, 0.25) is 11.8 Å². The molecule has 1 aliphatic rings. The minimum absolute atomic E-state index is 0.0859. The summed E-state index contributed by atoms with van der Waals surface area (Å²) >= 11 is 0. The van der Waals surface area contributed by atoms with Crippen LogP contribution in [0, 0.1) is 5.92 Å². The zero-order chi connectivity index (χ0) is 18.2. The molecule has 1 saturated heterocycles. The van der Waals surface area contributed by atoms with Gasteiger partial charge >= 0.3 is 6.09 Å². The minimum Gasteiger partial charge on any atom is -0.465 e. The summed E-state index contributed by atoms with van der Waals surface area (Å²) in [7, 11) is 0. The van der Waals surface area contributed by atoms with E-state index in [9.17, 15) is 19.5 Å². The fraction of sp³-hybridized carbons (Fsp3) is 0.471. The maximum Gasteiger partial charge on any atom is 0.405 e. The molecule has 3 amide bonds. The molecule has 0 aliphatic carbocycles. The Morgan fingerprint density at radius 2 is 1.96 bits per heavy atom. The van der Waals surface area contributed by atoms with Crippen molar-refractivity contribution < 1.29 is 24.6 Å². The zero-order valence-corrected chi connectivity index (χ0v) is 13.8. The number of carboxylic acid groups (broad SMARTS) is 1. The lowest BCUT2D eigenvalue weighted by molar-refractivity contribution is -0.126. The lowest BCUT2D eigenvalue weighted by atomic mass is 9.98. The molecule has 1 fully saturated rings. The first-order valence-electron chi connectivity index (χ1n) is 8.22. The largest absolute Gasteiger partial charge is 0.465 e. The summed E-state index contributed by atoms with van der Waals surface area (Å²) in [6, 6.07) is 7.46. The fourth-order valence-corrected chi connectivity index (χ4v) is 2.90. The van der Waals surface area contributed by atoms with E-state index in [1.807, 2.05) is 6.07 Å². The summed E-state index contributed by atoms with van der Waals surface area (Å²) in [4.78, 5) is 35.1. The van der Waals surface area contributed by atoms with Crippen molar-refractivity contribution in [1.29, 1.82) is 0 Å². The molecule has 0 aromatic heterocycles. The highest BCUT2D eigenvalue weighted by Crippen LogP contribution is 2.16. The first kappa shape index (κ1) is 18.7. The van der Waals surface area contributed by atoms with Crippen LogP contribution in [0.3, 0.4) is 0 Å². The number of carbonyl (C=O) groups is 3. The van der Waals surface area contributed by atoms with Crippen molar-refractivity contribution in [3.05, 3.63) is 35.9 Å². The number of hydrogen-bond donors (Lipinski definition) is 5. The van der Waals surface area contributed by atoms with Crippen LogP contribution in [0.2, 0.25) is 0 Å². The molecule has 0 saturated carbocycles. The predicted octanol–water partition coefficient (Wildman–Crippen LogP) is -0.131. The van der Waals surface area contributed by atoms with Gasteiger partial charge in [0, 0.05) is 18.9 Å². The van der Waals surface area contributed by atoms with Crippen LogP contribution in [0.15, 0.2) is 30.3 Å². The summed E-state index contributed by atoms with van der Waals surface area (Å²) in [5.41, 5.74) is 0.812. The fourth-order valence-electron chi connectivity index (χ4n) is 2.90. The number of nitrogens with one attached hydrogen (secondary N) is 3. The van der Waals surface area contributed by atoms with E-state index in [-0.39, 0.29) is 24.9 Å². The van der Waals surface area contributed by atoms with Crippen molar-refractivity contribution in [2.75, 3.05) is 13.2 Å². The Bertz CT molecular complexity index is 608. The number of benzene rings is 1. The molecule has 1 heterocycles. The maximum absolute atomic E-state index is 12.5. The molecule has 136 valence electrons. The summed E-state index contributed by atoms with van der Waals surface area (Å²) in [5.74, 6) is -0.863. The van der Waals surface area contributed by atoms with E-state index in [2.05, 4.69) is 16.0 Å². The zero-order valence-electron chi connectivity index (χ0n) is 13.8. The van der Waals surface area contributed by atoms with E-state index in [0.29, 0.717) is 19.4 Å². The van der Waals surface area contributed by atoms with Crippen LogP contribution in [0.25, 0.3) is 0 Å². The van der Waals surface area contributed by atoms with E-state index in [1.54, 1.807) is 24.3 Å². The van der Waals surface area contributed by atoms with Gasteiger partial charge in [-0.1, -0.05) is 30.3 Å². The van der Waals surface area contributed by atoms with Crippen molar-refractivity contribution in [2.45, 2.75) is 31.3 Å². The average Bonchev–Trinajstić information content (AvgIpc) is 2.99. The normalized spacial score (nSPS) is 18.9. The molecular weight excluding hydrogens is 326 g/mol. The maximum atomic E-state index is 12.5. The molecule has 5 N–H and O–H groups in total. The van der Waals surface area contributed by atoms with E-state index >= 15 is 0 Å². The Morgan fingerprint density at radius 1 is 1.24 bits per heavy atom. The molecule has 8 heteroatoms. The SMILES string of the molecule is O=C(O)N[C@@H](Cc1ccccc1)C(=O)N[C@H](CO)C[C@@H]1CCNC1=O. The third-order valence-corrected chi connectivity index (χ3v) is 4.20. The summed E-state index contributed by atoms with van der Waals surface area (Å²) < 4.78 is 0. The molecule has 0 bridgehead atoms. The first-order valence-corrected chi connectivity index (χ1v) is 8.22. The van der Waals surface area contributed by atoms with Crippen LogP contribution in [-0.2, 0) is 16.0 Å². The van der Waals surface area contributed by atoms with Crippen LogP contribution in [0.5, 0.6) is 0 Å². The van der Waals surface area contributed by atoms with Gasteiger partial charge in [-0.3, -0.25) is 9.59 Å². The van der Waals surface area contributed by atoms with E-state index in [4.69, 9.17) is 5.11 Å². The van der Waals surface area contributed by atoms with Crippen LogP contribution in [0.4, 0.5) is 4.79 Å². The van der Waals surface area contributed by atoms with Gasteiger partial charge in [-0.15, -0.1) is 0 Å². The van der Waals surface area contributed by atoms with E-state index < -0.39 is 24.1 Å². The molecule has 2 rings (SSSR count). The number of hydrogen-bond acceptors (Lipinski definition) is 4. The minimum atomic E-state index is -1.30. The van der Waals surface area contributed by atoms with Gasteiger partial charge in [-0.2, -0.15) is 0 Å². The molecule has 1 aromatic rings. The molecule has 25 heavy (non-hydrogen) atoms. The molecule has 8 nitrogen and oxygen atoms in total. The molecular formula is C17H23N3O5. The van der Waals surface area contributed by atoms with Gasteiger partial charge in [-0.25, -0.2) is 4.79 Å². The van der Waals surface area contributed by atoms with Crippen LogP contribution >= 0.6 is 0 Å². The Morgan fingerprint density at radius 3 is 2.52 bits per heavy atom. The molecule has 1 aliphatic heterocycles. The van der Waals surface area contributed by atoms with Crippen LogP contribution in [-0.4, -0.2) is 53.4 Å². The van der Waals surface area contributed by atoms with Gasteiger partial charge in [-0.05, 0) is 18.4 Å². The highest BCUT2D eigenvalue weighted by atomic mass is 16.4. The summed E-state index contributed by atoms with van der Waals surface area (Å²) in [6.45, 7) is 0.271. The van der Waals surface area contributed by atoms with Gasteiger partial charge in [0.05, 0.1) is 12.6 Å². The number of amides is 3. The van der Waals surface area contributed by atoms with E-state index in [1.165, 1.54) is 0 Å². The van der Waals surface area contributed by atoms with Crippen molar-refractivity contribution in [2.24, 2.45) is 5.92 Å². The number of aliphatic hydroxyl groups excluding tert-OH is 1. The van der Waals surface area contributed by atoms with E-state index in [0.717, 1.165) is 5.56 Å². The molecule has 0 spiro atoms. The third-order valence-electron chi connectivity index (χ3n) is 4.20. The summed E-state index contributed by atoms with van der Waals surface area (Å²) in [6.07, 6.45) is -0.126. The van der Waals surface area contributed by atoms with Crippen LogP contribution < -0.4 is 16.0 Å². The third kappa shape index (κ3) is 5.75. The van der Waals surface area contributed by atoms with Gasteiger partial charge < -0.3 is 26.2 Å². The Kier molecular flexibility index (Phi) is 6.76. The van der Waals surface area contributed by atoms with Crippen molar-refractivity contribution in [3.8, 4) is 0 Å². The second-order valence-electron chi connectivity index (χ2n) is 6.09. The van der Waals surface area contributed by atoms with Crippen molar-refractivity contribution >= 4 is 17.9 Å². The standard InChI is InChI=1S/C17H23N3O5/c21-10-13(9-12-6-7-18-15(12)22)19-16(23)14(20-17(24)25)8-11-4-2-1-3-5-11/h1-5,12-14,20-21H,6-10H2,(H,18,22)(H,19,23)(H,24,25)/t12-,13-,14-/m0/s1. The highest BCUT2D eigenvalue weighted by Gasteiger charge is 2.29. The second kappa shape index (κ2) is 9.03. The topological polar surface area (TPSA) is 128 Å². The Labute approximate surface area is 145 Å². The number of aliphatic hydroxyl groups is 1. The average molecular weight is 349 g/mol. The first-order chi connectivity index (χ1) is 12.0. The molecule has 1 aromatic carbocycles. The highest BCUT2D eigenvalue weighted by molar-refractivity contribution is 5.86. The smallest absolute Gasteiger partial charge is 0.405 e. The van der Waals surface area contributed by atoms with Crippen molar-refractivity contribution in [1.82, 2.24) is 16.0 Å². The quantitative estimate of drug-likeness (QED) is 0.447. The lowest BCUT2D eigenvalue weighted by Gasteiger charge is -2.23. The Balaban J connectivity index is 1.98. The Hall–Kier alpha value is -2.61. The van der Waals surface area contributed by atoms with Crippen molar-refractivity contribution in [3.63, 3.8) is 0 Å². The lowest BCUT2D eigenvalue weighted by Crippen LogP contribution is -2.51. The van der Waals surface area contributed by atoms with Gasteiger partial charge in [0.15, 0.2) is 0 Å². The molecule has 0 radical (unpaired) electrons. The molecule has 0 unspecified atom stereocenters. The second-order valence-corrected chi connectivity index (χ2v) is 6.09. The molecule has 3 atom stereocenters. The van der Waals surface area contributed by atoms with Crippen LogP contribution in [0.1, 0.15) is 18.4 Å². The summed E-state index contributed by atoms with van der Waals surface area (Å²) in [5, 5.41) is 26.0. The monoisotopic (exact) mass is 349 g/mol. The number of rotatable bonds is 8. The number of carbonyl (C=O) groups excluding carboxylic acids is 2.